The second-order valence-electron chi connectivity index (χ2n) is 5.98. The second-order valence-corrected chi connectivity index (χ2v) is 5.98. The maximum atomic E-state index is 5.10. The number of hydrogen-bond acceptors (Lipinski definition) is 5. The lowest BCUT2D eigenvalue weighted by Gasteiger charge is -2.23. The van der Waals surface area contributed by atoms with Crippen LogP contribution in [0.15, 0.2) is 6.07 Å². The van der Waals surface area contributed by atoms with Crippen molar-refractivity contribution in [1.82, 2.24) is 9.97 Å². The van der Waals surface area contributed by atoms with Gasteiger partial charge in [0.1, 0.15) is 17.5 Å². The van der Waals surface area contributed by atoms with E-state index in [2.05, 4.69) is 49.9 Å². The number of ether oxygens (including phenoxy) is 1. The number of aromatic nitrogens is 2. The molecule has 0 saturated carbocycles. The van der Waals surface area contributed by atoms with Crippen LogP contribution in [0.4, 0.5) is 11.6 Å². The van der Waals surface area contributed by atoms with Gasteiger partial charge in [0.2, 0.25) is 0 Å². The molecule has 0 radical (unpaired) electrons. The van der Waals surface area contributed by atoms with Gasteiger partial charge in [-0.25, -0.2) is 9.97 Å². The van der Waals surface area contributed by atoms with E-state index in [4.69, 9.17) is 9.72 Å². The molecule has 0 spiro atoms. The normalized spacial score (nSPS) is 11.5. The molecule has 0 atom stereocenters. The van der Waals surface area contributed by atoms with Gasteiger partial charge < -0.3 is 15.0 Å². The Balaban J connectivity index is 2.96. The average Bonchev–Trinajstić information content (AvgIpc) is 2.38. The third-order valence-electron chi connectivity index (χ3n) is 2.97. The lowest BCUT2D eigenvalue weighted by atomic mass is 9.96. The van der Waals surface area contributed by atoms with Crippen molar-refractivity contribution in [3.8, 4) is 0 Å². The topological polar surface area (TPSA) is 50.3 Å². The van der Waals surface area contributed by atoms with Crippen molar-refractivity contribution in [1.29, 1.82) is 0 Å². The number of rotatable bonds is 7. The summed E-state index contributed by atoms with van der Waals surface area (Å²) in [4.78, 5) is 11.4. The van der Waals surface area contributed by atoms with Gasteiger partial charge in [0, 0.05) is 45.3 Å². The first kappa shape index (κ1) is 16.7. The highest BCUT2D eigenvalue weighted by Gasteiger charge is 2.20. The quantitative estimate of drug-likeness (QED) is 0.778. The highest BCUT2D eigenvalue weighted by Crippen LogP contribution is 2.23. The van der Waals surface area contributed by atoms with Gasteiger partial charge >= 0.3 is 0 Å². The van der Waals surface area contributed by atoms with Crippen molar-refractivity contribution in [2.75, 3.05) is 44.1 Å². The molecule has 1 heterocycles. The van der Waals surface area contributed by atoms with Crippen molar-refractivity contribution < 1.29 is 4.74 Å². The molecule has 0 aliphatic rings. The standard InChI is InChI=1S/C15H28N4O/c1-7-16-12-11-13(19(5)9-8-10-20-6)18-14(17-12)15(2,3)4/h11H,7-10H2,1-6H3,(H,16,17,18). The molecule has 5 nitrogen and oxygen atoms in total. The van der Waals surface area contributed by atoms with Crippen LogP contribution in [0.5, 0.6) is 0 Å². The Labute approximate surface area is 122 Å². The zero-order valence-corrected chi connectivity index (χ0v) is 13.7. The van der Waals surface area contributed by atoms with Gasteiger partial charge in [0.15, 0.2) is 0 Å². The Morgan fingerprint density at radius 3 is 2.55 bits per heavy atom. The van der Waals surface area contributed by atoms with Crippen molar-refractivity contribution >= 4 is 11.6 Å². The predicted molar refractivity (Wildman–Crippen MR) is 84.7 cm³/mol. The van der Waals surface area contributed by atoms with Gasteiger partial charge in [-0.2, -0.15) is 0 Å². The van der Waals surface area contributed by atoms with Gasteiger partial charge in [0.05, 0.1) is 0 Å². The zero-order valence-electron chi connectivity index (χ0n) is 13.7. The minimum absolute atomic E-state index is 0.0620. The van der Waals surface area contributed by atoms with E-state index in [1.54, 1.807) is 7.11 Å². The molecule has 0 saturated heterocycles. The van der Waals surface area contributed by atoms with Crippen LogP contribution < -0.4 is 10.2 Å². The molecule has 20 heavy (non-hydrogen) atoms. The first-order valence-electron chi connectivity index (χ1n) is 7.22. The van der Waals surface area contributed by atoms with Crippen LogP contribution in [0, 0.1) is 0 Å². The van der Waals surface area contributed by atoms with E-state index in [1.807, 2.05) is 6.07 Å². The van der Waals surface area contributed by atoms with Crippen molar-refractivity contribution in [2.45, 2.75) is 39.5 Å². The summed E-state index contributed by atoms with van der Waals surface area (Å²) in [5.74, 6) is 2.71. The molecule has 0 amide bonds. The summed E-state index contributed by atoms with van der Waals surface area (Å²) in [5, 5.41) is 3.28. The van der Waals surface area contributed by atoms with E-state index in [1.165, 1.54) is 0 Å². The first-order valence-corrected chi connectivity index (χ1v) is 7.22. The van der Waals surface area contributed by atoms with Crippen LogP contribution >= 0.6 is 0 Å². The van der Waals surface area contributed by atoms with Gasteiger partial charge in [-0.1, -0.05) is 20.8 Å². The largest absolute Gasteiger partial charge is 0.385 e. The zero-order chi connectivity index (χ0) is 15.2. The van der Waals surface area contributed by atoms with E-state index < -0.39 is 0 Å². The summed E-state index contributed by atoms with van der Waals surface area (Å²) in [6.07, 6.45) is 0.985. The fourth-order valence-corrected chi connectivity index (χ4v) is 1.80. The first-order chi connectivity index (χ1) is 9.38. The molecule has 0 aliphatic carbocycles. The van der Waals surface area contributed by atoms with Crippen LogP contribution in [0.2, 0.25) is 0 Å². The minimum Gasteiger partial charge on any atom is -0.385 e. The molecule has 0 aromatic carbocycles. The molecule has 0 bridgehead atoms. The molecule has 1 aromatic heterocycles. The number of anilines is 2. The van der Waals surface area contributed by atoms with Gasteiger partial charge in [-0.05, 0) is 13.3 Å². The summed E-state index contributed by atoms with van der Waals surface area (Å²) < 4.78 is 5.10. The summed E-state index contributed by atoms with van der Waals surface area (Å²) in [6, 6.07) is 2.01. The fourth-order valence-electron chi connectivity index (χ4n) is 1.80. The van der Waals surface area contributed by atoms with Gasteiger partial charge in [-0.3, -0.25) is 0 Å². The molecule has 0 aliphatic heterocycles. The second kappa shape index (κ2) is 7.43. The van der Waals surface area contributed by atoms with E-state index in [0.29, 0.717) is 0 Å². The Morgan fingerprint density at radius 2 is 2.00 bits per heavy atom. The monoisotopic (exact) mass is 280 g/mol. The number of hydrogen-bond donors (Lipinski definition) is 1. The maximum Gasteiger partial charge on any atom is 0.138 e. The Bertz CT molecular complexity index is 415. The average molecular weight is 280 g/mol. The van der Waals surface area contributed by atoms with Crippen LogP contribution in [0.25, 0.3) is 0 Å². The third-order valence-corrected chi connectivity index (χ3v) is 2.97. The van der Waals surface area contributed by atoms with Crippen LogP contribution in [-0.2, 0) is 10.2 Å². The molecular weight excluding hydrogens is 252 g/mol. The molecular formula is C15H28N4O. The van der Waals surface area contributed by atoms with Crippen molar-refractivity contribution in [2.24, 2.45) is 0 Å². The van der Waals surface area contributed by atoms with Crippen LogP contribution in [0.3, 0.4) is 0 Å². The molecule has 0 fully saturated rings. The third kappa shape index (κ3) is 4.96. The molecule has 1 N–H and O–H groups in total. The lowest BCUT2D eigenvalue weighted by Crippen LogP contribution is -2.24. The molecule has 5 heteroatoms. The van der Waals surface area contributed by atoms with Crippen LogP contribution in [-0.4, -0.2) is 43.8 Å². The van der Waals surface area contributed by atoms with E-state index >= 15 is 0 Å². The SMILES string of the molecule is CCNc1cc(N(C)CCCOC)nc(C(C)(C)C)n1. The van der Waals surface area contributed by atoms with E-state index in [0.717, 1.165) is 43.6 Å². The summed E-state index contributed by atoms with van der Waals surface area (Å²) in [7, 11) is 3.78. The Kier molecular flexibility index (Phi) is 6.20. The highest BCUT2D eigenvalue weighted by atomic mass is 16.5. The maximum absolute atomic E-state index is 5.10. The molecule has 1 aromatic rings. The lowest BCUT2D eigenvalue weighted by molar-refractivity contribution is 0.196. The fraction of sp³-hybridized carbons (Fsp3) is 0.733. The minimum atomic E-state index is -0.0620. The van der Waals surface area contributed by atoms with Crippen molar-refractivity contribution in [3.05, 3.63) is 11.9 Å². The number of nitrogens with zero attached hydrogens (tertiary/aromatic N) is 3. The Morgan fingerprint density at radius 1 is 1.30 bits per heavy atom. The summed E-state index contributed by atoms with van der Waals surface area (Å²) in [5.41, 5.74) is -0.0620. The van der Waals surface area contributed by atoms with Gasteiger partial charge in [-0.15, -0.1) is 0 Å². The predicted octanol–water partition coefficient (Wildman–Crippen LogP) is 2.68. The van der Waals surface area contributed by atoms with E-state index in [-0.39, 0.29) is 5.41 Å². The Hall–Kier alpha value is -1.36. The highest BCUT2D eigenvalue weighted by molar-refractivity contribution is 5.49. The number of nitrogens with one attached hydrogen (secondary N) is 1. The van der Waals surface area contributed by atoms with Crippen molar-refractivity contribution in [3.63, 3.8) is 0 Å². The summed E-state index contributed by atoms with van der Waals surface area (Å²) >= 11 is 0. The summed E-state index contributed by atoms with van der Waals surface area (Å²) in [6.45, 7) is 11.0. The van der Waals surface area contributed by atoms with E-state index in [9.17, 15) is 0 Å². The molecule has 1 rings (SSSR count). The number of methoxy groups -OCH3 is 1. The van der Waals surface area contributed by atoms with Gasteiger partial charge in [0.25, 0.3) is 0 Å². The molecule has 114 valence electrons. The van der Waals surface area contributed by atoms with Crippen LogP contribution in [0.1, 0.15) is 39.9 Å². The smallest absolute Gasteiger partial charge is 0.138 e. The molecule has 0 unspecified atom stereocenters.